The van der Waals surface area contributed by atoms with Gasteiger partial charge in [0.25, 0.3) is 5.91 Å². The highest BCUT2D eigenvalue weighted by Gasteiger charge is 2.14. The van der Waals surface area contributed by atoms with E-state index in [0.717, 1.165) is 6.07 Å². The third kappa shape index (κ3) is 4.17. The highest BCUT2D eigenvalue weighted by Crippen LogP contribution is 2.29. The van der Waals surface area contributed by atoms with Crippen molar-refractivity contribution in [2.24, 2.45) is 0 Å². The van der Waals surface area contributed by atoms with E-state index in [1.807, 2.05) is 6.07 Å². The zero-order valence-electron chi connectivity index (χ0n) is 12.0. The molecular weight excluding hydrogens is 306 g/mol. The molecule has 0 bridgehead atoms. The van der Waals surface area contributed by atoms with Crippen LogP contribution in [0.4, 0.5) is 14.5 Å². The molecule has 1 N–H and O–H groups in total. The van der Waals surface area contributed by atoms with Crippen molar-refractivity contribution < 1.29 is 23.0 Å². The van der Waals surface area contributed by atoms with Crippen LogP contribution in [0.25, 0.3) is 0 Å². The van der Waals surface area contributed by atoms with Gasteiger partial charge in [0, 0.05) is 11.3 Å². The smallest absolute Gasteiger partial charge is 0.387 e. The van der Waals surface area contributed by atoms with E-state index in [0.29, 0.717) is 11.3 Å². The first-order valence-electron chi connectivity index (χ1n) is 6.48. The Morgan fingerprint density at radius 1 is 1.22 bits per heavy atom. The molecular formula is C16H12F2N2O3. The van der Waals surface area contributed by atoms with E-state index in [9.17, 15) is 13.6 Å². The summed E-state index contributed by atoms with van der Waals surface area (Å²) in [6, 6.07) is 12.2. The lowest BCUT2D eigenvalue weighted by Gasteiger charge is -2.11. The molecule has 0 radical (unpaired) electrons. The summed E-state index contributed by atoms with van der Waals surface area (Å²) in [6.07, 6.45) is 0. The summed E-state index contributed by atoms with van der Waals surface area (Å²) in [7, 11) is 1.31. The Balaban J connectivity index is 2.23. The molecule has 0 fully saturated rings. The summed E-state index contributed by atoms with van der Waals surface area (Å²) < 4.78 is 34.0. The van der Waals surface area contributed by atoms with E-state index in [4.69, 9.17) is 10.00 Å². The standard InChI is InChI=1S/C16H12F2N2O3/c1-22-13-6-5-11(8-14(13)23-16(17)18)15(21)20-12-4-2-3-10(7-12)9-19/h2-8,16H,1H3,(H,20,21). The summed E-state index contributed by atoms with van der Waals surface area (Å²) in [6.45, 7) is -3.03. The van der Waals surface area contributed by atoms with Gasteiger partial charge in [-0.1, -0.05) is 6.07 Å². The molecule has 2 aromatic carbocycles. The molecule has 2 rings (SSSR count). The number of halogens is 2. The quantitative estimate of drug-likeness (QED) is 0.917. The van der Waals surface area contributed by atoms with Crippen molar-refractivity contribution in [3.63, 3.8) is 0 Å². The maximum atomic E-state index is 12.4. The minimum absolute atomic E-state index is 0.0910. The summed E-state index contributed by atoms with van der Waals surface area (Å²) >= 11 is 0. The number of hydrogen-bond acceptors (Lipinski definition) is 4. The molecule has 0 saturated carbocycles. The van der Waals surface area contributed by atoms with Gasteiger partial charge in [0.05, 0.1) is 18.7 Å². The average molecular weight is 318 g/mol. The number of nitrogens with zero attached hydrogens (tertiary/aromatic N) is 1. The molecule has 0 aromatic heterocycles. The molecule has 118 valence electrons. The normalized spacial score (nSPS) is 10.0. The van der Waals surface area contributed by atoms with Crippen molar-refractivity contribution in [2.45, 2.75) is 6.61 Å². The van der Waals surface area contributed by atoms with Gasteiger partial charge >= 0.3 is 6.61 Å². The van der Waals surface area contributed by atoms with Crippen LogP contribution in [-0.2, 0) is 0 Å². The average Bonchev–Trinajstić information content (AvgIpc) is 2.54. The van der Waals surface area contributed by atoms with Crippen LogP contribution >= 0.6 is 0 Å². The first kappa shape index (κ1) is 16.2. The van der Waals surface area contributed by atoms with Crippen LogP contribution in [0.1, 0.15) is 15.9 Å². The van der Waals surface area contributed by atoms with Gasteiger partial charge in [-0.05, 0) is 36.4 Å². The number of carbonyl (C=O) groups excluding carboxylic acids is 1. The van der Waals surface area contributed by atoms with Crippen molar-refractivity contribution in [1.82, 2.24) is 0 Å². The van der Waals surface area contributed by atoms with Gasteiger partial charge < -0.3 is 14.8 Å². The number of benzene rings is 2. The molecule has 0 aliphatic heterocycles. The minimum atomic E-state index is -3.03. The predicted molar refractivity (Wildman–Crippen MR) is 78.7 cm³/mol. The van der Waals surface area contributed by atoms with Gasteiger partial charge in [0.15, 0.2) is 11.5 Å². The third-order valence-electron chi connectivity index (χ3n) is 2.89. The van der Waals surface area contributed by atoms with Crippen LogP contribution in [0.3, 0.4) is 0 Å². The lowest BCUT2D eigenvalue weighted by molar-refractivity contribution is -0.0512. The molecule has 0 atom stereocenters. The third-order valence-corrected chi connectivity index (χ3v) is 2.89. The maximum absolute atomic E-state index is 12.4. The van der Waals surface area contributed by atoms with Crippen LogP contribution in [0.2, 0.25) is 0 Å². The molecule has 1 amide bonds. The lowest BCUT2D eigenvalue weighted by Crippen LogP contribution is -2.13. The Kier molecular flexibility index (Phi) is 5.10. The van der Waals surface area contributed by atoms with Gasteiger partial charge in [0.1, 0.15) is 0 Å². The van der Waals surface area contributed by atoms with Crippen molar-refractivity contribution in [1.29, 1.82) is 5.26 Å². The number of alkyl halides is 2. The molecule has 0 aliphatic rings. The fourth-order valence-corrected chi connectivity index (χ4v) is 1.88. The van der Waals surface area contributed by atoms with Crippen LogP contribution < -0.4 is 14.8 Å². The second-order valence-corrected chi connectivity index (χ2v) is 4.39. The highest BCUT2D eigenvalue weighted by molar-refractivity contribution is 6.04. The molecule has 0 unspecified atom stereocenters. The van der Waals surface area contributed by atoms with Crippen LogP contribution in [0.5, 0.6) is 11.5 Å². The van der Waals surface area contributed by atoms with Gasteiger partial charge in [-0.2, -0.15) is 14.0 Å². The van der Waals surface area contributed by atoms with Crippen molar-refractivity contribution in [3.05, 3.63) is 53.6 Å². The second-order valence-electron chi connectivity index (χ2n) is 4.39. The van der Waals surface area contributed by atoms with E-state index in [1.54, 1.807) is 18.2 Å². The number of amides is 1. The molecule has 7 heteroatoms. The Hall–Kier alpha value is -3.14. The van der Waals surface area contributed by atoms with Crippen LogP contribution in [0.15, 0.2) is 42.5 Å². The largest absolute Gasteiger partial charge is 0.493 e. The number of carbonyl (C=O) groups is 1. The Labute approximate surface area is 131 Å². The molecule has 0 saturated heterocycles. The van der Waals surface area contributed by atoms with E-state index in [-0.39, 0.29) is 17.1 Å². The van der Waals surface area contributed by atoms with E-state index < -0.39 is 12.5 Å². The van der Waals surface area contributed by atoms with Gasteiger partial charge in [-0.25, -0.2) is 0 Å². The fraction of sp³-hybridized carbons (Fsp3) is 0.125. The Morgan fingerprint density at radius 2 is 2.00 bits per heavy atom. The van der Waals surface area contributed by atoms with E-state index in [2.05, 4.69) is 10.1 Å². The summed E-state index contributed by atoms with van der Waals surface area (Å²) in [5.74, 6) is -0.670. The molecule has 23 heavy (non-hydrogen) atoms. The highest BCUT2D eigenvalue weighted by atomic mass is 19.3. The summed E-state index contributed by atoms with van der Waals surface area (Å²) in [4.78, 5) is 12.2. The number of ether oxygens (including phenoxy) is 2. The van der Waals surface area contributed by atoms with Crippen molar-refractivity contribution in [2.75, 3.05) is 12.4 Å². The molecule has 2 aromatic rings. The summed E-state index contributed by atoms with van der Waals surface area (Å²) in [5.41, 5.74) is 0.921. The number of anilines is 1. The Morgan fingerprint density at radius 3 is 2.65 bits per heavy atom. The molecule has 0 heterocycles. The predicted octanol–water partition coefficient (Wildman–Crippen LogP) is 3.42. The Bertz CT molecular complexity index is 757. The van der Waals surface area contributed by atoms with Crippen LogP contribution in [0, 0.1) is 11.3 Å². The number of nitriles is 1. The number of hydrogen-bond donors (Lipinski definition) is 1. The number of nitrogens with one attached hydrogen (secondary N) is 1. The molecule has 0 aliphatic carbocycles. The number of methoxy groups -OCH3 is 1. The zero-order chi connectivity index (χ0) is 16.8. The first-order chi connectivity index (χ1) is 11.0. The van der Waals surface area contributed by atoms with Gasteiger partial charge in [0.2, 0.25) is 0 Å². The molecule has 0 spiro atoms. The van der Waals surface area contributed by atoms with Crippen molar-refractivity contribution in [3.8, 4) is 17.6 Å². The van der Waals surface area contributed by atoms with E-state index in [1.165, 1.54) is 25.3 Å². The van der Waals surface area contributed by atoms with Crippen molar-refractivity contribution >= 4 is 11.6 Å². The first-order valence-corrected chi connectivity index (χ1v) is 6.48. The molecule has 5 nitrogen and oxygen atoms in total. The minimum Gasteiger partial charge on any atom is -0.493 e. The topological polar surface area (TPSA) is 71.3 Å². The zero-order valence-corrected chi connectivity index (χ0v) is 12.0. The fourth-order valence-electron chi connectivity index (χ4n) is 1.88. The monoisotopic (exact) mass is 318 g/mol. The van der Waals surface area contributed by atoms with Crippen LogP contribution in [-0.4, -0.2) is 19.6 Å². The second kappa shape index (κ2) is 7.22. The van der Waals surface area contributed by atoms with Gasteiger partial charge in [-0.15, -0.1) is 0 Å². The SMILES string of the molecule is COc1ccc(C(=O)Nc2cccc(C#N)c2)cc1OC(F)F. The van der Waals surface area contributed by atoms with E-state index >= 15 is 0 Å². The number of rotatable bonds is 5. The maximum Gasteiger partial charge on any atom is 0.387 e. The summed E-state index contributed by atoms with van der Waals surface area (Å²) in [5, 5.41) is 11.4. The lowest BCUT2D eigenvalue weighted by atomic mass is 10.1. The van der Waals surface area contributed by atoms with Gasteiger partial charge in [-0.3, -0.25) is 4.79 Å².